The number of aromatic hydroxyl groups is 1. The molecule has 3 saturated heterocycles. The van der Waals surface area contributed by atoms with Gasteiger partial charge in [0.15, 0.2) is 11.6 Å². The Hall–Kier alpha value is -5.31. The number of cyclic esters (lactones) is 1. The van der Waals surface area contributed by atoms with E-state index in [0.717, 1.165) is 12.1 Å². The van der Waals surface area contributed by atoms with Gasteiger partial charge in [0.05, 0.1) is 36.4 Å². The van der Waals surface area contributed by atoms with Crippen molar-refractivity contribution in [2.24, 2.45) is 47.3 Å². The van der Waals surface area contributed by atoms with Crippen LogP contribution in [0.3, 0.4) is 0 Å². The summed E-state index contributed by atoms with van der Waals surface area (Å²) in [6, 6.07) is -0.0791. The van der Waals surface area contributed by atoms with Gasteiger partial charge in [-0.05, 0) is 93.9 Å². The van der Waals surface area contributed by atoms with Gasteiger partial charge in [-0.25, -0.2) is 9.82 Å². The zero-order valence-electron chi connectivity index (χ0n) is 47.9. The average molecular weight is 1110 g/mol. The largest absolute Gasteiger partial charge is 0.505 e. The van der Waals surface area contributed by atoms with E-state index < -0.39 is 113 Å². The van der Waals surface area contributed by atoms with Crippen molar-refractivity contribution in [1.82, 2.24) is 26.4 Å². The fourth-order valence-corrected chi connectivity index (χ4v) is 11.3. The minimum absolute atomic E-state index is 0.0341. The second-order valence-corrected chi connectivity index (χ2v) is 23.3. The van der Waals surface area contributed by atoms with Gasteiger partial charge in [0.2, 0.25) is 17.7 Å². The number of ether oxygens (including phenoxy) is 2. The van der Waals surface area contributed by atoms with Crippen LogP contribution in [0.15, 0.2) is 66.3 Å². The zero-order valence-corrected chi connectivity index (χ0v) is 47.9. The van der Waals surface area contributed by atoms with E-state index in [4.69, 9.17) is 9.47 Å². The number of hydrogen-bond acceptors (Lipinski definition) is 14. The molecule has 1 unspecified atom stereocenters. The standard InChI is InChI=1S/C60H90FN5O13/c1-11-42-29-36(6)60(64-55(42)73)40(10)53(71)39(9)51(79-60)32-48(69)34(4)19-14-12-15-20-35(5)50-23-17-13-16-22-47(68)38(8)54(72)43(26-24-37(7)67)56(74)63-52(33(2)3)57(75)62-46(30-41-25-27-44(61)49(70)31-41)58(76)66-28-18-21-45(65-66)59(77)78-50/h12-13,15-17,20,22,25,27,31,33-34,36,38-40,42-43,45-48,50-54,65,68-72H,11,14,18-19,21,23-24,26,28-30,32H2,1-10H3,(H,62,75)(H,63,74)(H,64,73)/t34-,36-,38-,39-,40-,42-,43+,45?,46-,47-,48-,50-,51-,52-,53-,54+,60+/m0/s1. The molecule has 3 fully saturated rings. The molecule has 1 aromatic rings. The van der Waals surface area contributed by atoms with E-state index in [1.807, 2.05) is 59.8 Å². The summed E-state index contributed by atoms with van der Waals surface area (Å²) < 4.78 is 27.1. The molecule has 1 spiro atoms. The van der Waals surface area contributed by atoms with Crippen molar-refractivity contribution in [3.63, 3.8) is 0 Å². The zero-order chi connectivity index (χ0) is 58.5. The lowest BCUT2D eigenvalue weighted by molar-refractivity contribution is -0.267. The van der Waals surface area contributed by atoms with E-state index in [-0.39, 0.29) is 79.9 Å². The van der Waals surface area contributed by atoms with Crippen LogP contribution in [-0.2, 0) is 44.7 Å². The first-order valence-electron chi connectivity index (χ1n) is 28.5. The number of hydrazine groups is 1. The van der Waals surface area contributed by atoms with E-state index in [2.05, 4.69) is 21.4 Å². The summed E-state index contributed by atoms with van der Waals surface area (Å²) in [6.07, 6.45) is 9.96. The lowest BCUT2D eigenvalue weighted by Gasteiger charge is -2.56. The number of nitrogens with one attached hydrogen (secondary N) is 4. The van der Waals surface area contributed by atoms with Crippen molar-refractivity contribution in [3.05, 3.63) is 77.7 Å². The molecule has 79 heavy (non-hydrogen) atoms. The molecule has 0 aromatic heterocycles. The van der Waals surface area contributed by atoms with Crippen LogP contribution < -0.4 is 21.4 Å². The average Bonchev–Trinajstić information content (AvgIpc) is 3.60. The van der Waals surface area contributed by atoms with Crippen LogP contribution in [0.2, 0.25) is 0 Å². The number of aliphatic hydroxyl groups is 4. The van der Waals surface area contributed by atoms with Gasteiger partial charge >= 0.3 is 5.97 Å². The van der Waals surface area contributed by atoms with Gasteiger partial charge in [-0.1, -0.05) is 104 Å². The molecule has 4 aliphatic heterocycles. The summed E-state index contributed by atoms with van der Waals surface area (Å²) in [6.45, 7) is 18.0. The van der Waals surface area contributed by atoms with Gasteiger partial charge in [0, 0.05) is 61.8 Å². The predicted octanol–water partition coefficient (Wildman–Crippen LogP) is 5.55. The highest BCUT2D eigenvalue weighted by molar-refractivity contribution is 5.93. The number of carbonyl (C=O) groups excluding carboxylic acids is 6. The molecule has 17 atom stereocenters. The van der Waals surface area contributed by atoms with E-state index in [1.54, 1.807) is 39.0 Å². The Balaban J connectivity index is 1.36. The van der Waals surface area contributed by atoms with E-state index >= 15 is 0 Å². The molecule has 4 heterocycles. The molecule has 2 bridgehead atoms. The van der Waals surface area contributed by atoms with Crippen LogP contribution in [0, 0.1) is 53.2 Å². The first-order chi connectivity index (χ1) is 37.3. The third-order valence-electron chi connectivity index (χ3n) is 17.0. The second kappa shape index (κ2) is 29.4. The van der Waals surface area contributed by atoms with Crippen LogP contribution in [0.1, 0.15) is 139 Å². The lowest BCUT2D eigenvalue weighted by atomic mass is 9.69. The van der Waals surface area contributed by atoms with Gasteiger partial charge in [-0.3, -0.25) is 29.0 Å². The first kappa shape index (κ1) is 64.5. The number of fused-ring (bicyclic) bond motifs is 2. The molecule has 18 nitrogen and oxygen atoms in total. The van der Waals surface area contributed by atoms with Crippen LogP contribution in [-0.4, -0.2) is 133 Å². The smallest absolute Gasteiger partial charge is 0.325 e. The quantitative estimate of drug-likeness (QED) is 0.0771. The second-order valence-electron chi connectivity index (χ2n) is 23.3. The molecule has 0 saturated carbocycles. The highest BCUT2D eigenvalue weighted by atomic mass is 19.1. The Morgan fingerprint density at radius 3 is 2.35 bits per heavy atom. The first-order valence-corrected chi connectivity index (χ1v) is 28.5. The SMILES string of the molecule is CC[C@H]1C[C@H](C)[C@@]2(NC1=O)O[C@@H](C[C@H](O)[C@@H](C)CCC=CC=C(C)[C@@H]1CC=CC=C[C@H](O)[C@H](C)[C@@H](O)[C@@H](CCC(C)=O)C(=O)N[C@@H](C(C)C)C(=O)N[C@@H](Cc3ccc(F)c(O)c3)C(=O)N3CCCC(N3)C(=O)O1)[C@H](C)[C@H](O)[C@@H]2C. The summed E-state index contributed by atoms with van der Waals surface area (Å²) in [4.78, 5) is 82.2. The molecular formula is C60H90FN5O13. The van der Waals surface area contributed by atoms with Crippen molar-refractivity contribution in [2.75, 3.05) is 6.54 Å². The number of Topliss-reactive ketones (excluding diaryl/α,β-unsaturated/α-hetero) is 1. The third kappa shape index (κ3) is 16.9. The number of rotatable bonds is 15. The molecule has 4 aliphatic rings. The molecule has 4 amide bonds. The third-order valence-corrected chi connectivity index (χ3v) is 17.0. The number of amides is 4. The Labute approximate surface area is 466 Å². The summed E-state index contributed by atoms with van der Waals surface area (Å²) in [5.74, 6) is -8.28. The molecule has 5 rings (SSSR count). The number of piperidine rings is 1. The number of ketones is 1. The Bertz CT molecular complexity index is 2400. The van der Waals surface area contributed by atoms with Gasteiger partial charge in [-0.2, -0.15) is 0 Å². The van der Waals surface area contributed by atoms with Gasteiger partial charge in [0.1, 0.15) is 35.7 Å². The molecule has 19 heteroatoms. The minimum Gasteiger partial charge on any atom is -0.505 e. The van der Waals surface area contributed by atoms with Crippen molar-refractivity contribution < 1.29 is 68.2 Å². The van der Waals surface area contributed by atoms with Crippen molar-refractivity contribution in [2.45, 2.75) is 200 Å². The summed E-state index contributed by atoms with van der Waals surface area (Å²) in [7, 11) is 0. The number of esters is 1. The molecule has 0 aliphatic carbocycles. The number of halogens is 1. The van der Waals surface area contributed by atoms with Crippen LogP contribution in [0.25, 0.3) is 0 Å². The topological polar surface area (TPSA) is 273 Å². The maximum Gasteiger partial charge on any atom is 0.325 e. The summed E-state index contributed by atoms with van der Waals surface area (Å²) in [5, 5.41) is 65.8. The predicted molar refractivity (Wildman–Crippen MR) is 295 cm³/mol. The number of phenolic OH excluding ortho intramolecular Hbond substituents is 1. The number of benzene rings is 1. The van der Waals surface area contributed by atoms with Crippen LogP contribution in [0.5, 0.6) is 5.75 Å². The number of phenols is 1. The summed E-state index contributed by atoms with van der Waals surface area (Å²) >= 11 is 0. The molecule has 9 N–H and O–H groups in total. The lowest BCUT2D eigenvalue weighted by Crippen LogP contribution is -2.71. The Kier molecular flexibility index (Phi) is 24.0. The fourth-order valence-electron chi connectivity index (χ4n) is 11.3. The van der Waals surface area contributed by atoms with Gasteiger partial charge < -0.3 is 55.8 Å². The fraction of sp³-hybridized carbons (Fsp3) is 0.667. The number of allylic oxidation sites excluding steroid dienone is 5. The molecule has 440 valence electrons. The number of nitrogens with zero attached hydrogens (tertiary/aromatic N) is 1. The molecular weight excluding hydrogens is 1020 g/mol. The molecule has 0 radical (unpaired) electrons. The summed E-state index contributed by atoms with van der Waals surface area (Å²) in [5.41, 5.74) is 2.95. The Morgan fingerprint density at radius 2 is 1.68 bits per heavy atom. The molecule has 1 aromatic carbocycles. The maximum absolute atomic E-state index is 14.5. The highest BCUT2D eigenvalue weighted by Gasteiger charge is 2.57. The van der Waals surface area contributed by atoms with Gasteiger partial charge in [0.25, 0.3) is 5.91 Å². The van der Waals surface area contributed by atoms with Crippen LogP contribution >= 0.6 is 0 Å². The highest BCUT2D eigenvalue weighted by Crippen LogP contribution is 2.46. The number of hydrogen-bond donors (Lipinski definition) is 9. The van der Waals surface area contributed by atoms with Crippen molar-refractivity contribution in [1.29, 1.82) is 0 Å². The Morgan fingerprint density at radius 1 is 0.962 bits per heavy atom. The number of aliphatic hydroxyl groups excluding tert-OH is 4. The van der Waals surface area contributed by atoms with E-state index in [1.165, 1.54) is 24.1 Å². The van der Waals surface area contributed by atoms with Crippen molar-refractivity contribution >= 4 is 35.4 Å². The van der Waals surface area contributed by atoms with Crippen molar-refractivity contribution in [3.8, 4) is 5.75 Å². The van der Waals surface area contributed by atoms with E-state index in [9.17, 15) is 58.7 Å². The number of carbonyl (C=O) groups is 6. The normalized spacial score (nSPS) is 33.8. The minimum atomic E-state index is -1.47. The van der Waals surface area contributed by atoms with Crippen LogP contribution in [0.4, 0.5) is 4.39 Å². The maximum atomic E-state index is 14.5. The van der Waals surface area contributed by atoms with E-state index in [0.29, 0.717) is 49.7 Å². The van der Waals surface area contributed by atoms with Gasteiger partial charge in [-0.15, -0.1) is 0 Å². The monoisotopic (exact) mass is 1110 g/mol.